The Hall–Kier alpha value is -1.10. The van der Waals surface area contributed by atoms with E-state index in [1.54, 1.807) is 0 Å². The first kappa shape index (κ1) is 16.0. The van der Waals surface area contributed by atoms with E-state index in [0.717, 1.165) is 38.3 Å². The van der Waals surface area contributed by atoms with Crippen LogP contribution in [0.2, 0.25) is 0 Å². The van der Waals surface area contributed by atoms with E-state index in [2.05, 4.69) is 10.2 Å². The van der Waals surface area contributed by atoms with E-state index in [4.69, 9.17) is 5.73 Å². The molecule has 1 atom stereocenters. The number of nitrogens with one attached hydrogen (secondary N) is 1. The molecule has 3 N–H and O–H groups in total. The summed E-state index contributed by atoms with van der Waals surface area (Å²) in [6.45, 7) is 3.69. The molecule has 4 nitrogen and oxygen atoms in total. The van der Waals surface area contributed by atoms with Gasteiger partial charge >= 0.3 is 0 Å². The standard InChI is InChI=1S/C14H21N3O.ClH/c15-10-12-6-8-17(11-12)9-7-14(18)16-13-4-2-1-3-5-13;/h1-5,12H,6-11,15H2,(H,16,18);1H. The molecule has 1 aliphatic rings. The number of carbonyl (C=O) groups excluding carboxylic acids is 1. The lowest BCUT2D eigenvalue weighted by Crippen LogP contribution is -2.27. The lowest BCUT2D eigenvalue weighted by atomic mass is 10.1. The molecule has 5 heteroatoms. The van der Waals surface area contributed by atoms with E-state index in [1.165, 1.54) is 0 Å². The van der Waals surface area contributed by atoms with Gasteiger partial charge in [0.25, 0.3) is 0 Å². The average Bonchev–Trinajstić information content (AvgIpc) is 2.85. The molecular weight excluding hydrogens is 262 g/mol. The fourth-order valence-electron chi connectivity index (χ4n) is 2.31. The van der Waals surface area contributed by atoms with E-state index in [1.807, 2.05) is 30.3 Å². The number of nitrogens with zero attached hydrogens (tertiary/aromatic N) is 1. The number of benzene rings is 1. The molecule has 0 aromatic heterocycles. The van der Waals surface area contributed by atoms with E-state index in [-0.39, 0.29) is 18.3 Å². The van der Waals surface area contributed by atoms with E-state index in [0.29, 0.717) is 12.3 Å². The van der Waals surface area contributed by atoms with Crippen molar-refractivity contribution in [2.24, 2.45) is 11.7 Å². The van der Waals surface area contributed by atoms with Crippen LogP contribution in [0.4, 0.5) is 5.69 Å². The maximum Gasteiger partial charge on any atom is 0.225 e. The Balaban J connectivity index is 0.00000180. The summed E-state index contributed by atoms with van der Waals surface area (Å²) < 4.78 is 0. The summed E-state index contributed by atoms with van der Waals surface area (Å²) in [4.78, 5) is 14.1. The largest absolute Gasteiger partial charge is 0.330 e. The van der Waals surface area contributed by atoms with Gasteiger partial charge in [0.05, 0.1) is 0 Å². The van der Waals surface area contributed by atoms with Crippen molar-refractivity contribution >= 4 is 24.0 Å². The minimum absolute atomic E-state index is 0. The zero-order valence-corrected chi connectivity index (χ0v) is 11.9. The molecule has 1 amide bonds. The second kappa shape index (κ2) is 8.15. The Bertz CT molecular complexity index is 386. The Labute approximate surface area is 120 Å². The highest BCUT2D eigenvalue weighted by atomic mass is 35.5. The van der Waals surface area contributed by atoms with Crippen LogP contribution < -0.4 is 11.1 Å². The second-order valence-electron chi connectivity index (χ2n) is 4.86. The lowest BCUT2D eigenvalue weighted by Gasteiger charge is -2.15. The summed E-state index contributed by atoms with van der Waals surface area (Å²) in [5.41, 5.74) is 6.51. The molecule has 1 aliphatic heterocycles. The molecule has 1 unspecified atom stereocenters. The lowest BCUT2D eigenvalue weighted by molar-refractivity contribution is -0.116. The molecule has 1 aromatic carbocycles. The summed E-state index contributed by atoms with van der Waals surface area (Å²) in [6, 6.07) is 9.58. The van der Waals surface area contributed by atoms with Crippen molar-refractivity contribution < 1.29 is 4.79 Å². The van der Waals surface area contributed by atoms with Crippen LogP contribution in [0.15, 0.2) is 30.3 Å². The number of carbonyl (C=O) groups is 1. The summed E-state index contributed by atoms with van der Waals surface area (Å²) in [5, 5.41) is 2.90. The van der Waals surface area contributed by atoms with Crippen LogP contribution in [0.1, 0.15) is 12.8 Å². The van der Waals surface area contributed by atoms with Crippen LogP contribution in [0.3, 0.4) is 0 Å². The van der Waals surface area contributed by atoms with Crippen LogP contribution in [-0.4, -0.2) is 37.0 Å². The molecule has 0 aliphatic carbocycles. The SMILES string of the molecule is Cl.NCC1CCN(CCC(=O)Nc2ccccc2)C1. The first-order valence-corrected chi connectivity index (χ1v) is 6.55. The zero-order chi connectivity index (χ0) is 12.8. The molecule has 0 saturated carbocycles. The summed E-state index contributed by atoms with van der Waals surface area (Å²) >= 11 is 0. The van der Waals surface area contributed by atoms with Gasteiger partial charge in [-0.1, -0.05) is 18.2 Å². The Morgan fingerprint density at radius 2 is 2.11 bits per heavy atom. The number of anilines is 1. The third-order valence-electron chi connectivity index (χ3n) is 3.42. The van der Waals surface area contributed by atoms with Gasteiger partial charge in [0.15, 0.2) is 0 Å². The van der Waals surface area contributed by atoms with Gasteiger partial charge in [-0.2, -0.15) is 0 Å². The highest BCUT2D eigenvalue weighted by Crippen LogP contribution is 2.15. The number of hydrogen-bond donors (Lipinski definition) is 2. The molecule has 2 rings (SSSR count). The zero-order valence-electron chi connectivity index (χ0n) is 11.0. The van der Waals surface area contributed by atoms with E-state index >= 15 is 0 Å². The van der Waals surface area contributed by atoms with Gasteiger partial charge in [-0.3, -0.25) is 4.79 Å². The highest BCUT2D eigenvalue weighted by molar-refractivity contribution is 5.90. The maximum atomic E-state index is 11.8. The van der Waals surface area contributed by atoms with Crippen LogP contribution >= 0.6 is 12.4 Å². The van der Waals surface area contributed by atoms with Gasteiger partial charge in [-0.25, -0.2) is 0 Å². The summed E-state index contributed by atoms with van der Waals surface area (Å²) in [7, 11) is 0. The number of likely N-dealkylation sites (tertiary alicyclic amines) is 1. The molecule has 0 radical (unpaired) electrons. The molecular formula is C14H22ClN3O. The second-order valence-corrected chi connectivity index (χ2v) is 4.86. The summed E-state index contributed by atoms with van der Waals surface area (Å²) in [5.74, 6) is 0.694. The number of amides is 1. The number of nitrogens with two attached hydrogens (primary N) is 1. The third-order valence-corrected chi connectivity index (χ3v) is 3.42. The van der Waals surface area contributed by atoms with E-state index < -0.39 is 0 Å². The number of para-hydroxylation sites is 1. The third kappa shape index (κ3) is 5.19. The van der Waals surface area contributed by atoms with Crippen molar-refractivity contribution in [3.63, 3.8) is 0 Å². The van der Waals surface area contributed by atoms with Gasteiger partial charge in [0, 0.05) is 25.2 Å². The minimum Gasteiger partial charge on any atom is -0.330 e. The maximum absolute atomic E-state index is 11.8. The van der Waals surface area contributed by atoms with Gasteiger partial charge in [0.2, 0.25) is 5.91 Å². The van der Waals surface area contributed by atoms with Crippen molar-refractivity contribution in [1.29, 1.82) is 0 Å². The van der Waals surface area contributed by atoms with Crippen LogP contribution in [0, 0.1) is 5.92 Å². The van der Waals surface area contributed by atoms with Crippen molar-refractivity contribution in [3.05, 3.63) is 30.3 Å². The molecule has 1 heterocycles. The molecule has 0 bridgehead atoms. The molecule has 1 fully saturated rings. The fourth-order valence-corrected chi connectivity index (χ4v) is 2.31. The van der Waals surface area contributed by atoms with Crippen molar-refractivity contribution in [3.8, 4) is 0 Å². The number of hydrogen-bond acceptors (Lipinski definition) is 3. The fraction of sp³-hybridized carbons (Fsp3) is 0.500. The van der Waals surface area contributed by atoms with Gasteiger partial charge in [-0.15, -0.1) is 12.4 Å². The normalized spacial score (nSPS) is 18.9. The summed E-state index contributed by atoms with van der Waals surface area (Å²) in [6.07, 6.45) is 1.71. The minimum atomic E-state index is 0. The van der Waals surface area contributed by atoms with Crippen LogP contribution in [0.5, 0.6) is 0 Å². The average molecular weight is 284 g/mol. The number of halogens is 1. The first-order valence-electron chi connectivity index (χ1n) is 6.55. The van der Waals surface area contributed by atoms with Gasteiger partial charge in [-0.05, 0) is 37.6 Å². The molecule has 19 heavy (non-hydrogen) atoms. The van der Waals surface area contributed by atoms with Crippen molar-refractivity contribution in [2.45, 2.75) is 12.8 Å². The van der Waals surface area contributed by atoms with Gasteiger partial charge < -0.3 is 16.0 Å². The van der Waals surface area contributed by atoms with Crippen molar-refractivity contribution in [2.75, 3.05) is 31.5 Å². The van der Waals surface area contributed by atoms with Gasteiger partial charge in [0.1, 0.15) is 0 Å². The smallest absolute Gasteiger partial charge is 0.225 e. The van der Waals surface area contributed by atoms with Crippen molar-refractivity contribution in [1.82, 2.24) is 4.90 Å². The topological polar surface area (TPSA) is 58.4 Å². The molecule has 1 aromatic rings. The predicted octanol–water partition coefficient (Wildman–Crippen LogP) is 1.72. The highest BCUT2D eigenvalue weighted by Gasteiger charge is 2.21. The Morgan fingerprint density at radius 3 is 2.74 bits per heavy atom. The van der Waals surface area contributed by atoms with E-state index in [9.17, 15) is 4.79 Å². The Kier molecular flexibility index (Phi) is 6.84. The molecule has 1 saturated heterocycles. The van der Waals surface area contributed by atoms with Crippen LogP contribution in [-0.2, 0) is 4.79 Å². The Morgan fingerprint density at radius 1 is 1.37 bits per heavy atom. The first-order chi connectivity index (χ1) is 8.78. The molecule has 0 spiro atoms. The number of rotatable bonds is 5. The quantitative estimate of drug-likeness (QED) is 0.865. The van der Waals surface area contributed by atoms with Crippen LogP contribution in [0.25, 0.3) is 0 Å². The monoisotopic (exact) mass is 283 g/mol. The molecule has 106 valence electrons. The predicted molar refractivity (Wildman–Crippen MR) is 80.5 cm³/mol.